The zero-order chi connectivity index (χ0) is 25.5. The molecule has 9 nitrogen and oxygen atoms in total. The second kappa shape index (κ2) is 11.6. The number of amides is 3. The van der Waals surface area contributed by atoms with Crippen molar-refractivity contribution in [1.82, 2.24) is 15.5 Å². The highest BCUT2D eigenvalue weighted by atomic mass is 16.5. The van der Waals surface area contributed by atoms with Crippen LogP contribution in [0.25, 0.3) is 0 Å². The number of aryl methyl sites for hydroxylation is 2. The van der Waals surface area contributed by atoms with Gasteiger partial charge < -0.3 is 15.2 Å². The quantitative estimate of drug-likeness (QED) is 0.464. The SMILES string of the molecule is Cc1cc(NC(=O)CCC(=O)N(c2ccccc2C)[C@@H](C(=O)NC2CCCC2)c2ccncc2)no1. The van der Waals surface area contributed by atoms with Gasteiger partial charge in [0.2, 0.25) is 17.7 Å². The van der Waals surface area contributed by atoms with Crippen molar-refractivity contribution < 1.29 is 18.9 Å². The van der Waals surface area contributed by atoms with E-state index >= 15 is 0 Å². The van der Waals surface area contributed by atoms with E-state index < -0.39 is 6.04 Å². The maximum Gasteiger partial charge on any atom is 0.248 e. The normalized spacial score (nSPS) is 14.3. The average molecular weight is 490 g/mol. The number of benzene rings is 1. The Labute approximate surface area is 210 Å². The van der Waals surface area contributed by atoms with E-state index in [0.29, 0.717) is 22.8 Å². The second-order valence-electron chi connectivity index (χ2n) is 9.09. The maximum absolute atomic E-state index is 13.7. The van der Waals surface area contributed by atoms with Crippen LogP contribution < -0.4 is 15.5 Å². The van der Waals surface area contributed by atoms with Crippen LogP contribution in [0.3, 0.4) is 0 Å². The zero-order valence-corrected chi connectivity index (χ0v) is 20.6. The van der Waals surface area contributed by atoms with Crippen LogP contribution in [0.4, 0.5) is 11.5 Å². The van der Waals surface area contributed by atoms with E-state index in [1.54, 1.807) is 37.5 Å². The van der Waals surface area contributed by atoms with Gasteiger partial charge in [-0.3, -0.25) is 24.3 Å². The lowest BCUT2D eigenvalue weighted by Gasteiger charge is -2.33. The number of nitrogens with zero attached hydrogens (tertiary/aromatic N) is 3. The van der Waals surface area contributed by atoms with Crippen molar-refractivity contribution in [1.29, 1.82) is 0 Å². The monoisotopic (exact) mass is 489 g/mol. The number of rotatable bonds is 9. The molecule has 1 aliphatic rings. The summed E-state index contributed by atoms with van der Waals surface area (Å²) in [6, 6.07) is 11.7. The summed E-state index contributed by atoms with van der Waals surface area (Å²) in [6.45, 7) is 3.62. The molecule has 0 unspecified atom stereocenters. The molecule has 1 atom stereocenters. The van der Waals surface area contributed by atoms with E-state index in [1.165, 1.54) is 4.90 Å². The lowest BCUT2D eigenvalue weighted by molar-refractivity contribution is -0.127. The minimum Gasteiger partial charge on any atom is -0.360 e. The molecule has 0 aliphatic heterocycles. The van der Waals surface area contributed by atoms with Crippen molar-refractivity contribution in [3.8, 4) is 0 Å². The Balaban J connectivity index is 1.61. The van der Waals surface area contributed by atoms with Crippen LogP contribution in [0.1, 0.15) is 61.5 Å². The molecule has 36 heavy (non-hydrogen) atoms. The van der Waals surface area contributed by atoms with Gasteiger partial charge in [-0.15, -0.1) is 0 Å². The third-order valence-corrected chi connectivity index (χ3v) is 6.34. The lowest BCUT2D eigenvalue weighted by Crippen LogP contribution is -2.46. The first kappa shape index (κ1) is 25.1. The summed E-state index contributed by atoms with van der Waals surface area (Å²) >= 11 is 0. The van der Waals surface area contributed by atoms with E-state index in [0.717, 1.165) is 31.2 Å². The van der Waals surface area contributed by atoms with E-state index in [2.05, 4.69) is 20.8 Å². The first-order chi connectivity index (χ1) is 17.4. The molecular formula is C27H31N5O4. The van der Waals surface area contributed by atoms with Crippen molar-refractivity contribution in [2.45, 2.75) is 64.5 Å². The molecule has 0 spiro atoms. The van der Waals surface area contributed by atoms with Crippen LogP contribution in [-0.2, 0) is 14.4 Å². The summed E-state index contributed by atoms with van der Waals surface area (Å²) in [5, 5.41) is 9.54. The number of hydrogen-bond donors (Lipinski definition) is 2. The largest absolute Gasteiger partial charge is 0.360 e. The molecule has 3 aromatic rings. The minimum absolute atomic E-state index is 0.0690. The first-order valence-electron chi connectivity index (χ1n) is 12.2. The van der Waals surface area contributed by atoms with E-state index in [1.807, 2.05) is 31.2 Å². The number of pyridine rings is 1. The maximum atomic E-state index is 13.7. The van der Waals surface area contributed by atoms with Crippen LogP contribution >= 0.6 is 0 Å². The smallest absolute Gasteiger partial charge is 0.248 e. The van der Waals surface area contributed by atoms with Gasteiger partial charge in [0, 0.05) is 43.0 Å². The number of hydrogen-bond acceptors (Lipinski definition) is 6. The average Bonchev–Trinajstić information content (AvgIpc) is 3.53. The van der Waals surface area contributed by atoms with Crippen LogP contribution in [0.5, 0.6) is 0 Å². The van der Waals surface area contributed by atoms with Crippen molar-refractivity contribution >= 4 is 29.2 Å². The van der Waals surface area contributed by atoms with Crippen molar-refractivity contribution in [2.75, 3.05) is 10.2 Å². The molecule has 1 aromatic carbocycles. The molecule has 2 heterocycles. The second-order valence-corrected chi connectivity index (χ2v) is 9.09. The number of carbonyl (C=O) groups is 3. The van der Waals surface area contributed by atoms with Crippen LogP contribution in [0, 0.1) is 13.8 Å². The van der Waals surface area contributed by atoms with Gasteiger partial charge in [-0.25, -0.2) is 0 Å². The Hall–Kier alpha value is -4.01. The Morgan fingerprint density at radius 3 is 2.44 bits per heavy atom. The summed E-state index contributed by atoms with van der Waals surface area (Å²) in [5.41, 5.74) is 2.12. The molecule has 4 rings (SSSR count). The third-order valence-electron chi connectivity index (χ3n) is 6.34. The molecule has 9 heteroatoms. The third kappa shape index (κ3) is 6.16. The molecule has 188 valence electrons. The van der Waals surface area contributed by atoms with E-state index in [-0.39, 0.29) is 36.6 Å². The molecule has 2 N–H and O–H groups in total. The lowest BCUT2D eigenvalue weighted by atomic mass is 10.0. The summed E-state index contributed by atoms with van der Waals surface area (Å²) < 4.78 is 4.97. The van der Waals surface area contributed by atoms with Gasteiger partial charge >= 0.3 is 0 Å². The highest BCUT2D eigenvalue weighted by molar-refractivity contribution is 6.03. The standard InChI is InChI=1S/C27H31N5O4/c1-18-7-3-6-10-22(18)32(25(34)12-11-24(33)30-23-17-19(2)36-31-23)26(20-13-15-28-16-14-20)27(35)29-21-8-4-5-9-21/h3,6-7,10,13-17,21,26H,4-5,8-9,11-12H2,1-2H3,(H,29,35)(H,30,31,33)/t26-/m1/s1. The van der Waals surface area contributed by atoms with Gasteiger partial charge in [0.1, 0.15) is 11.8 Å². The van der Waals surface area contributed by atoms with Gasteiger partial charge in [-0.05, 0) is 56.0 Å². The van der Waals surface area contributed by atoms with Crippen LogP contribution in [0.15, 0.2) is 59.4 Å². The van der Waals surface area contributed by atoms with E-state index in [9.17, 15) is 14.4 Å². The minimum atomic E-state index is -0.900. The fraction of sp³-hybridized carbons (Fsp3) is 0.370. The zero-order valence-electron chi connectivity index (χ0n) is 20.6. The Kier molecular flexibility index (Phi) is 8.10. The molecule has 0 bridgehead atoms. The number of carbonyl (C=O) groups excluding carboxylic acids is 3. The molecule has 1 fully saturated rings. The Bertz CT molecular complexity index is 1200. The van der Waals surface area contributed by atoms with Gasteiger partial charge in [0.25, 0.3) is 0 Å². The van der Waals surface area contributed by atoms with Crippen molar-refractivity contribution in [3.05, 3.63) is 71.7 Å². The first-order valence-corrected chi connectivity index (χ1v) is 12.2. The van der Waals surface area contributed by atoms with Crippen molar-refractivity contribution in [3.63, 3.8) is 0 Å². The Morgan fingerprint density at radius 2 is 1.78 bits per heavy atom. The topological polar surface area (TPSA) is 117 Å². The summed E-state index contributed by atoms with van der Waals surface area (Å²) in [4.78, 5) is 45.5. The van der Waals surface area contributed by atoms with Crippen molar-refractivity contribution in [2.24, 2.45) is 0 Å². The number of para-hydroxylation sites is 1. The van der Waals surface area contributed by atoms with Gasteiger partial charge in [-0.1, -0.05) is 36.2 Å². The molecule has 2 aromatic heterocycles. The molecule has 0 radical (unpaired) electrons. The molecule has 3 amide bonds. The Morgan fingerprint density at radius 1 is 1.06 bits per heavy atom. The molecule has 1 saturated carbocycles. The predicted molar refractivity (Wildman–Crippen MR) is 135 cm³/mol. The summed E-state index contributed by atoms with van der Waals surface area (Å²) in [7, 11) is 0. The summed E-state index contributed by atoms with van der Waals surface area (Å²) in [6.07, 6.45) is 7.06. The van der Waals surface area contributed by atoms with E-state index in [4.69, 9.17) is 4.52 Å². The summed E-state index contributed by atoms with van der Waals surface area (Å²) in [5.74, 6) is -0.0736. The molecule has 0 saturated heterocycles. The predicted octanol–water partition coefficient (Wildman–Crippen LogP) is 4.24. The fourth-order valence-electron chi connectivity index (χ4n) is 4.54. The van der Waals surface area contributed by atoms with Gasteiger partial charge in [0.05, 0.1) is 0 Å². The number of aromatic nitrogens is 2. The molecular weight excluding hydrogens is 458 g/mol. The number of anilines is 2. The number of nitrogens with one attached hydrogen (secondary N) is 2. The van der Waals surface area contributed by atoms with Crippen LogP contribution in [-0.4, -0.2) is 33.9 Å². The molecule has 1 aliphatic carbocycles. The van der Waals surface area contributed by atoms with Gasteiger partial charge in [0.15, 0.2) is 5.82 Å². The van der Waals surface area contributed by atoms with Crippen LogP contribution in [0.2, 0.25) is 0 Å². The van der Waals surface area contributed by atoms with Gasteiger partial charge in [-0.2, -0.15) is 0 Å². The highest BCUT2D eigenvalue weighted by Crippen LogP contribution is 2.32. The highest BCUT2D eigenvalue weighted by Gasteiger charge is 2.34. The fourth-order valence-corrected chi connectivity index (χ4v) is 4.54.